The smallest absolute Gasteiger partial charge is 0.253 e. The fraction of sp³-hybridized carbons (Fsp3) is 0.529. The molecule has 2 amide bonds. The molecule has 1 saturated carbocycles. The first-order valence-corrected chi connectivity index (χ1v) is 7.75. The van der Waals surface area contributed by atoms with Gasteiger partial charge in [-0.05, 0) is 50.3 Å². The summed E-state index contributed by atoms with van der Waals surface area (Å²) in [5, 5.41) is 0. The molecule has 0 spiro atoms. The molecule has 1 heterocycles. The standard InChI is InChI=1S/C17H22N2O2/c1-12(13-8-9-13)18(2)17(21)14-5-3-6-15(11-14)19-10-4-7-16(19)20/h3,5-6,11-13H,4,7-10H2,1-2H3. The topological polar surface area (TPSA) is 40.6 Å². The lowest BCUT2D eigenvalue weighted by molar-refractivity contribution is -0.117. The fourth-order valence-electron chi connectivity index (χ4n) is 3.01. The minimum Gasteiger partial charge on any atom is -0.339 e. The molecule has 0 radical (unpaired) electrons. The molecule has 1 aliphatic heterocycles. The summed E-state index contributed by atoms with van der Waals surface area (Å²) < 4.78 is 0. The average molecular weight is 286 g/mol. The molecule has 2 fully saturated rings. The van der Waals surface area contributed by atoms with E-state index in [0.29, 0.717) is 17.9 Å². The third-order valence-electron chi connectivity index (χ3n) is 4.71. The SMILES string of the molecule is CC(C1CC1)N(C)C(=O)c1cccc(N2CCCC2=O)c1. The Kier molecular flexibility index (Phi) is 3.70. The molecule has 0 N–H and O–H groups in total. The Morgan fingerprint density at radius 1 is 1.38 bits per heavy atom. The van der Waals surface area contributed by atoms with Gasteiger partial charge in [0.1, 0.15) is 0 Å². The minimum atomic E-state index is 0.0443. The molecule has 3 rings (SSSR count). The van der Waals surface area contributed by atoms with Gasteiger partial charge in [-0.1, -0.05) is 6.07 Å². The molecular weight excluding hydrogens is 264 g/mol. The Bertz CT molecular complexity index is 566. The van der Waals surface area contributed by atoms with Crippen molar-refractivity contribution in [3.63, 3.8) is 0 Å². The highest BCUT2D eigenvalue weighted by molar-refractivity contribution is 5.99. The van der Waals surface area contributed by atoms with Crippen LogP contribution in [0.15, 0.2) is 24.3 Å². The number of anilines is 1. The molecule has 1 aliphatic carbocycles. The van der Waals surface area contributed by atoms with Gasteiger partial charge in [-0.15, -0.1) is 0 Å². The summed E-state index contributed by atoms with van der Waals surface area (Å²) in [6, 6.07) is 7.74. The van der Waals surface area contributed by atoms with E-state index in [-0.39, 0.29) is 17.9 Å². The maximum Gasteiger partial charge on any atom is 0.253 e. The number of rotatable bonds is 4. The number of carbonyl (C=O) groups excluding carboxylic acids is 2. The van der Waals surface area contributed by atoms with Gasteiger partial charge in [0.25, 0.3) is 5.91 Å². The second kappa shape index (κ2) is 5.51. The van der Waals surface area contributed by atoms with Crippen molar-refractivity contribution in [2.75, 3.05) is 18.5 Å². The summed E-state index contributed by atoms with van der Waals surface area (Å²) in [5.41, 5.74) is 1.51. The lowest BCUT2D eigenvalue weighted by Gasteiger charge is -2.25. The molecule has 0 bridgehead atoms. The number of hydrogen-bond donors (Lipinski definition) is 0. The quantitative estimate of drug-likeness (QED) is 0.854. The number of carbonyl (C=O) groups is 2. The summed E-state index contributed by atoms with van der Waals surface area (Å²) in [7, 11) is 1.87. The van der Waals surface area contributed by atoms with Crippen LogP contribution in [0, 0.1) is 5.92 Å². The molecule has 4 heteroatoms. The molecule has 21 heavy (non-hydrogen) atoms. The number of hydrogen-bond acceptors (Lipinski definition) is 2. The molecule has 1 saturated heterocycles. The van der Waals surface area contributed by atoms with Crippen molar-refractivity contribution in [3.8, 4) is 0 Å². The number of nitrogens with zero attached hydrogens (tertiary/aromatic N) is 2. The van der Waals surface area contributed by atoms with Gasteiger partial charge in [-0.25, -0.2) is 0 Å². The van der Waals surface area contributed by atoms with Crippen LogP contribution < -0.4 is 4.90 Å². The Morgan fingerprint density at radius 2 is 2.14 bits per heavy atom. The largest absolute Gasteiger partial charge is 0.339 e. The highest BCUT2D eigenvalue weighted by atomic mass is 16.2. The van der Waals surface area contributed by atoms with Gasteiger partial charge in [-0.3, -0.25) is 9.59 Å². The van der Waals surface area contributed by atoms with E-state index in [1.165, 1.54) is 12.8 Å². The van der Waals surface area contributed by atoms with Crippen LogP contribution in [0.3, 0.4) is 0 Å². The maximum absolute atomic E-state index is 12.6. The summed E-state index contributed by atoms with van der Waals surface area (Å²) in [4.78, 5) is 28.0. The van der Waals surface area contributed by atoms with E-state index in [4.69, 9.17) is 0 Å². The van der Waals surface area contributed by atoms with Crippen LogP contribution in [0.5, 0.6) is 0 Å². The van der Waals surface area contributed by atoms with Crippen LogP contribution in [0.25, 0.3) is 0 Å². The molecule has 1 unspecified atom stereocenters. The Hall–Kier alpha value is -1.84. The fourth-order valence-corrected chi connectivity index (χ4v) is 3.01. The summed E-state index contributed by atoms with van der Waals surface area (Å²) >= 11 is 0. The highest BCUT2D eigenvalue weighted by Crippen LogP contribution is 2.35. The van der Waals surface area contributed by atoms with Gasteiger partial charge in [0.05, 0.1) is 0 Å². The first-order valence-electron chi connectivity index (χ1n) is 7.75. The van der Waals surface area contributed by atoms with Crippen molar-refractivity contribution in [2.24, 2.45) is 5.92 Å². The zero-order chi connectivity index (χ0) is 15.0. The van der Waals surface area contributed by atoms with Crippen LogP contribution in [-0.2, 0) is 4.79 Å². The lowest BCUT2D eigenvalue weighted by Crippen LogP contribution is -2.36. The molecule has 4 nitrogen and oxygen atoms in total. The third kappa shape index (κ3) is 2.80. The molecule has 1 aromatic rings. The minimum absolute atomic E-state index is 0.0443. The van der Waals surface area contributed by atoms with Crippen molar-refractivity contribution in [3.05, 3.63) is 29.8 Å². The summed E-state index contributed by atoms with van der Waals surface area (Å²) in [6.45, 7) is 2.87. The van der Waals surface area contributed by atoms with Crippen LogP contribution in [-0.4, -0.2) is 36.3 Å². The lowest BCUT2D eigenvalue weighted by atomic mass is 10.1. The molecule has 2 aliphatic rings. The Balaban J connectivity index is 1.78. The zero-order valence-corrected chi connectivity index (χ0v) is 12.7. The van der Waals surface area contributed by atoms with Crippen LogP contribution >= 0.6 is 0 Å². The van der Waals surface area contributed by atoms with E-state index in [2.05, 4.69) is 6.92 Å². The second-order valence-electron chi connectivity index (χ2n) is 6.19. The van der Waals surface area contributed by atoms with E-state index in [0.717, 1.165) is 18.7 Å². The van der Waals surface area contributed by atoms with Gasteiger partial charge in [0.15, 0.2) is 0 Å². The summed E-state index contributed by atoms with van der Waals surface area (Å²) in [6.07, 6.45) is 3.95. The van der Waals surface area contributed by atoms with E-state index < -0.39 is 0 Å². The van der Waals surface area contributed by atoms with Crippen LogP contribution in [0.2, 0.25) is 0 Å². The van der Waals surface area contributed by atoms with Crippen molar-refractivity contribution in [2.45, 2.75) is 38.6 Å². The molecule has 1 atom stereocenters. The second-order valence-corrected chi connectivity index (χ2v) is 6.19. The monoisotopic (exact) mass is 286 g/mol. The van der Waals surface area contributed by atoms with Gasteiger partial charge in [0, 0.05) is 37.3 Å². The van der Waals surface area contributed by atoms with E-state index in [9.17, 15) is 9.59 Å². The van der Waals surface area contributed by atoms with Gasteiger partial charge in [0.2, 0.25) is 5.91 Å². The highest BCUT2D eigenvalue weighted by Gasteiger charge is 2.33. The Morgan fingerprint density at radius 3 is 2.76 bits per heavy atom. The van der Waals surface area contributed by atoms with E-state index in [1.54, 1.807) is 4.90 Å². The zero-order valence-electron chi connectivity index (χ0n) is 12.7. The maximum atomic E-state index is 12.6. The van der Waals surface area contributed by atoms with Crippen molar-refractivity contribution in [1.29, 1.82) is 0 Å². The predicted molar refractivity (Wildman–Crippen MR) is 82.3 cm³/mol. The number of benzene rings is 1. The molecule has 1 aromatic carbocycles. The predicted octanol–water partition coefficient (Wildman–Crippen LogP) is 2.68. The summed E-state index contributed by atoms with van der Waals surface area (Å²) in [5.74, 6) is 0.851. The molecule has 0 aromatic heterocycles. The van der Waals surface area contributed by atoms with Gasteiger partial charge >= 0.3 is 0 Å². The van der Waals surface area contributed by atoms with Crippen molar-refractivity contribution < 1.29 is 9.59 Å². The molecular formula is C17H22N2O2. The van der Waals surface area contributed by atoms with Crippen LogP contribution in [0.1, 0.15) is 43.0 Å². The van der Waals surface area contributed by atoms with Gasteiger partial charge in [-0.2, -0.15) is 0 Å². The van der Waals surface area contributed by atoms with E-state index >= 15 is 0 Å². The normalized spacial score (nSPS) is 19.7. The molecule has 112 valence electrons. The van der Waals surface area contributed by atoms with E-state index in [1.807, 2.05) is 36.2 Å². The van der Waals surface area contributed by atoms with Crippen molar-refractivity contribution in [1.82, 2.24) is 4.90 Å². The van der Waals surface area contributed by atoms with Crippen LogP contribution in [0.4, 0.5) is 5.69 Å². The first-order chi connectivity index (χ1) is 10.1. The number of amides is 2. The van der Waals surface area contributed by atoms with Gasteiger partial charge < -0.3 is 9.80 Å². The Labute approximate surface area is 125 Å². The third-order valence-corrected chi connectivity index (χ3v) is 4.71. The average Bonchev–Trinajstić information content (AvgIpc) is 3.27. The first kappa shape index (κ1) is 14.1. The van der Waals surface area contributed by atoms with Crippen molar-refractivity contribution >= 4 is 17.5 Å².